The zero-order chi connectivity index (χ0) is 24.3. The molecule has 1 saturated heterocycles. The summed E-state index contributed by atoms with van der Waals surface area (Å²) in [7, 11) is -2.59. The second kappa shape index (κ2) is 10.3. The third kappa shape index (κ3) is 5.29. The summed E-state index contributed by atoms with van der Waals surface area (Å²) in [6, 6.07) is 21.6. The fourth-order valence-corrected chi connectivity index (χ4v) is 10.1. The van der Waals surface area contributed by atoms with Crippen LogP contribution < -0.4 is 10.4 Å². The first kappa shape index (κ1) is 25.1. The molecule has 4 unspecified atom stereocenters. The molecule has 2 aliphatic rings. The van der Waals surface area contributed by atoms with Crippen LogP contribution in [-0.2, 0) is 14.0 Å². The van der Waals surface area contributed by atoms with Gasteiger partial charge in [-0.1, -0.05) is 107 Å². The molecule has 0 aromatic heterocycles. The van der Waals surface area contributed by atoms with Gasteiger partial charge in [-0.2, -0.15) is 0 Å². The monoisotopic (exact) mass is 476 g/mol. The van der Waals surface area contributed by atoms with Crippen molar-refractivity contribution < 1.29 is 14.0 Å². The van der Waals surface area contributed by atoms with Crippen molar-refractivity contribution in [2.24, 2.45) is 17.8 Å². The number of ether oxygens (including phenoxy) is 1. The average Bonchev–Trinajstić information content (AvgIpc) is 3.58. The van der Waals surface area contributed by atoms with Crippen LogP contribution in [0, 0.1) is 17.8 Å². The summed E-state index contributed by atoms with van der Waals surface area (Å²) < 4.78 is 13.0. The molecule has 4 atom stereocenters. The fraction of sp³-hybridized carbons (Fsp3) is 0.500. The molecule has 0 N–H and O–H groups in total. The minimum absolute atomic E-state index is 0.0421. The molecule has 34 heavy (non-hydrogen) atoms. The second-order valence-electron chi connectivity index (χ2n) is 11.4. The molecule has 4 rings (SSSR count). The molecule has 2 aromatic rings. The topological polar surface area (TPSA) is 38.8 Å². The molecule has 1 fully saturated rings. The molecular weight excluding hydrogens is 436 g/mol. The van der Waals surface area contributed by atoms with Crippen molar-refractivity contribution in [3.05, 3.63) is 72.8 Å². The summed E-state index contributed by atoms with van der Waals surface area (Å²) in [6.07, 6.45) is 6.92. The van der Waals surface area contributed by atoms with E-state index in [1.165, 1.54) is 10.4 Å². The first-order chi connectivity index (χ1) is 16.2. The van der Waals surface area contributed by atoms with Gasteiger partial charge >= 0.3 is 0 Å². The number of Topliss-reactive ketones (excluding diaryl/α,β-unsaturated/α-hetero) is 1. The van der Waals surface area contributed by atoms with E-state index in [1.807, 2.05) is 0 Å². The first-order valence-corrected chi connectivity index (χ1v) is 14.7. The molecular formula is C30H40O3Si. The fourth-order valence-electron chi connectivity index (χ4n) is 5.50. The number of fused-ring (bicyclic) bond motifs is 1. The number of ketones is 1. The summed E-state index contributed by atoms with van der Waals surface area (Å²) in [5, 5.41) is 2.55. The third-order valence-corrected chi connectivity index (χ3v) is 12.6. The van der Waals surface area contributed by atoms with Gasteiger partial charge in [0.2, 0.25) is 0 Å². The van der Waals surface area contributed by atoms with Crippen LogP contribution in [0.1, 0.15) is 53.9 Å². The number of benzene rings is 2. The van der Waals surface area contributed by atoms with Crippen molar-refractivity contribution in [2.75, 3.05) is 6.61 Å². The second-order valence-corrected chi connectivity index (χ2v) is 15.7. The van der Waals surface area contributed by atoms with Gasteiger partial charge in [0.15, 0.2) is 5.78 Å². The number of hydrogen-bond acceptors (Lipinski definition) is 3. The van der Waals surface area contributed by atoms with Crippen LogP contribution in [0.15, 0.2) is 72.8 Å². The maximum atomic E-state index is 12.6. The van der Waals surface area contributed by atoms with Crippen LogP contribution in [0.2, 0.25) is 5.04 Å². The minimum Gasteiger partial charge on any atom is -0.407 e. The Morgan fingerprint density at radius 1 is 0.971 bits per heavy atom. The Labute approximate surface area is 206 Å². The van der Waals surface area contributed by atoms with E-state index in [2.05, 4.69) is 107 Å². The number of carbonyl (C=O) groups excluding carboxylic acids is 1. The molecule has 0 radical (unpaired) electrons. The van der Waals surface area contributed by atoms with Crippen LogP contribution in [0.3, 0.4) is 0 Å². The van der Waals surface area contributed by atoms with Crippen LogP contribution in [-0.4, -0.2) is 32.9 Å². The zero-order valence-electron chi connectivity index (χ0n) is 21.4. The highest BCUT2D eigenvalue weighted by molar-refractivity contribution is 6.99. The Balaban J connectivity index is 1.67. The number of epoxide rings is 1. The van der Waals surface area contributed by atoms with Crippen molar-refractivity contribution in [3.63, 3.8) is 0 Å². The molecule has 3 nitrogen and oxygen atoms in total. The van der Waals surface area contributed by atoms with E-state index < -0.39 is 8.32 Å². The molecule has 0 amide bonds. The lowest BCUT2D eigenvalue weighted by molar-refractivity contribution is -0.120. The molecule has 2 aromatic carbocycles. The lowest BCUT2D eigenvalue weighted by Crippen LogP contribution is -2.66. The standard InChI is InChI=1S/C30H40O3Si/c1-22(2)24-17-16-23(20-28-29(33-28)27(31)19-18-24)21-32-34(30(3,4)5,25-12-8-6-9-13-25)26-14-10-7-11-15-26/h6-17,22-24,28-29H,18-21H2,1-5H3/b17-16-. The summed E-state index contributed by atoms with van der Waals surface area (Å²) in [6.45, 7) is 12.1. The Kier molecular flexibility index (Phi) is 7.61. The van der Waals surface area contributed by atoms with E-state index in [4.69, 9.17) is 9.16 Å². The largest absolute Gasteiger partial charge is 0.407 e. The lowest BCUT2D eigenvalue weighted by Gasteiger charge is -2.43. The quantitative estimate of drug-likeness (QED) is 0.313. The van der Waals surface area contributed by atoms with Gasteiger partial charge in [0.05, 0.1) is 6.10 Å². The number of carbonyl (C=O) groups is 1. The van der Waals surface area contributed by atoms with Crippen LogP contribution in [0.5, 0.6) is 0 Å². The van der Waals surface area contributed by atoms with Gasteiger partial charge in [0.25, 0.3) is 8.32 Å². The predicted octanol–water partition coefficient (Wildman–Crippen LogP) is 5.53. The van der Waals surface area contributed by atoms with Gasteiger partial charge in [0.1, 0.15) is 6.10 Å². The van der Waals surface area contributed by atoms with E-state index in [9.17, 15) is 4.79 Å². The molecule has 1 heterocycles. The van der Waals surface area contributed by atoms with Crippen molar-refractivity contribution in [1.82, 2.24) is 0 Å². The summed E-state index contributed by atoms with van der Waals surface area (Å²) in [5.41, 5.74) is 0. The Morgan fingerprint density at radius 2 is 1.56 bits per heavy atom. The highest BCUT2D eigenvalue weighted by Gasteiger charge is 2.51. The summed E-state index contributed by atoms with van der Waals surface area (Å²) in [5.74, 6) is 1.42. The number of rotatable bonds is 6. The van der Waals surface area contributed by atoms with Crippen molar-refractivity contribution in [2.45, 2.75) is 71.1 Å². The lowest BCUT2D eigenvalue weighted by atomic mass is 9.86. The highest BCUT2D eigenvalue weighted by Crippen LogP contribution is 2.39. The Hall–Kier alpha value is -2.01. The molecule has 0 bridgehead atoms. The van der Waals surface area contributed by atoms with Crippen molar-refractivity contribution in [3.8, 4) is 0 Å². The third-order valence-electron chi connectivity index (χ3n) is 7.58. The van der Waals surface area contributed by atoms with Gasteiger partial charge in [0, 0.05) is 18.9 Å². The first-order valence-electron chi connectivity index (χ1n) is 12.8. The maximum Gasteiger partial charge on any atom is 0.261 e. The number of allylic oxidation sites excluding steroid dienone is 1. The highest BCUT2D eigenvalue weighted by atomic mass is 28.4. The van der Waals surface area contributed by atoms with Crippen molar-refractivity contribution >= 4 is 24.5 Å². The van der Waals surface area contributed by atoms with E-state index in [0.717, 1.165) is 12.8 Å². The predicted molar refractivity (Wildman–Crippen MR) is 142 cm³/mol. The van der Waals surface area contributed by atoms with Gasteiger partial charge in [-0.15, -0.1) is 0 Å². The number of hydrogen-bond donors (Lipinski definition) is 0. The minimum atomic E-state index is -2.59. The normalized spacial score (nSPS) is 26.7. The van der Waals surface area contributed by atoms with Gasteiger partial charge in [-0.25, -0.2) is 0 Å². The van der Waals surface area contributed by atoms with Crippen LogP contribution in [0.4, 0.5) is 0 Å². The zero-order valence-corrected chi connectivity index (χ0v) is 22.4. The van der Waals surface area contributed by atoms with E-state index in [1.54, 1.807) is 0 Å². The van der Waals surface area contributed by atoms with Gasteiger partial charge in [-0.3, -0.25) is 4.79 Å². The summed E-state index contributed by atoms with van der Waals surface area (Å²) >= 11 is 0. The van der Waals surface area contributed by atoms with E-state index in [-0.39, 0.29) is 28.9 Å². The van der Waals surface area contributed by atoms with Crippen LogP contribution >= 0.6 is 0 Å². The average molecular weight is 477 g/mol. The maximum absolute atomic E-state index is 12.6. The molecule has 0 spiro atoms. The Bertz CT molecular complexity index is 938. The Morgan fingerprint density at radius 3 is 2.09 bits per heavy atom. The van der Waals surface area contributed by atoms with E-state index in [0.29, 0.717) is 24.9 Å². The molecule has 4 heteroatoms. The van der Waals surface area contributed by atoms with Gasteiger partial charge < -0.3 is 9.16 Å². The van der Waals surface area contributed by atoms with Crippen molar-refractivity contribution in [1.29, 1.82) is 0 Å². The van der Waals surface area contributed by atoms with Crippen LogP contribution in [0.25, 0.3) is 0 Å². The molecule has 1 aliphatic heterocycles. The molecule has 1 aliphatic carbocycles. The molecule has 0 saturated carbocycles. The SMILES string of the molecule is CC(C)C1/C=C\C(CO[Si](c2ccccc2)(c2ccccc2)C(C)(C)C)CC2OC2C(=O)CC1. The van der Waals surface area contributed by atoms with Gasteiger partial charge in [-0.05, 0) is 40.1 Å². The smallest absolute Gasteiger partial charge is 0.261 e. The van der Waals surface area contributed by atoms with E-state index >= 15 is 0 Å². The summed E-state index contributed by atoms with van der Waals surface area (Å²) in [4.78, 5) is 12.6. The molecule has 182 valence electrons.